The number of unbranched alkanes of at least 4 members (excludes halogenated alkanes) is 2. The predicted octanol–water partition coefficient (Wildman–Crippen LogP) is 0.603. The first-order valence-corrected chi connectivity index (χ1v) is 10.00. The van der Waals surface area contributed by atoms with E-state index in [4.69, 9.17) is 0 Å². The van der Waals surface area contributed by atoms with E-state index in [1.165, 1.54) is 0 Å². The normalized spacial score (nSPS) is 14.3. The van der Waals surface area contributed by atoms with Crippen molar-refractivity contribution in [3.8, 4) is 0 Å². The summed E-state index contributed by atoms with van der Waals surface area (Å²) in [4.78, 5) is 0. The Morgan fingerprint density at radius 3 is 2.20 bits per heavy atom. The molecule has 0 aromatic rings. The van der Waals surface area contributed by atoms with Gasteiger partial charge in [0.2, 0.25) is 10.0 Å². The van der Waals surface area contributed by atoms with E-state index >= 15 is 0 Å². The van der Waals surface area contributed by atoms with Crippen molar-refractivity contribution < 1.29 is 21.0 Å². The molecule has 0 fully saturated rings. The van der Waals surface area contributed by atoms with E-state index in [9.17, 15) is 16.8 Å². The topological polar surface area (TPSA) is 102 Å². The molecule has 0 aliphatic heterocycles. The highest BCUT2D eigenvalue weighted by Crippen LogP contribution is 2.13. The zero-order valence-corrected chi connectivity index (χ0v) is 14.0. The minimum absolute atomic E-state index is 0.0840. The highest BCUT2D eigenvalue weighted by molar-refractivity contribution is 7.88. The first kappa shape index (κ1) is 19.8. The first-order valence-electron chi connectivity index (χ1n) is 6.70. The van der Waals surface area contributed by atoms with Crippen molar-refractivity contribution >= 4 is 20.3 Å². The molecule has 7 nitrogen and oxygen atoms in total. The maximum Gasteiger partial charge on any atom is 0.335 e. The van der Waals surface area contributed by atoms with E-state index in [-0.39, 0.29) is 12.5 Å². The average molecular weight is 330 g/mol. The lowest BCUT2D eigenvalue weighted by Gasteiger charge is -2.17. The van der Waals surface area contributed by atoms with E-state index in [0.717, 1.165) is 39.0 Å². The molecule has 122 valence electrons. The van der Waals surface area contributed by atoms with Crippen molar-refractivity contribution in [2.24, 2.45) is 5.92 Å². The molecule has 0 amide bonds. The Bertz CT molecular complexity index is 447. The van der Waals surface area contributed by atoms with Crippen molar-refractivity contribution in [3.05, 3.63) is 0 Å². The third-order valence-electron chi connectivity index (χ3n) is 2.90. The van der Waals surface area contributed by atoms with Gasteiger partial charge in [-0.1, -0.05) is 26.2 Å². The van der Waals surface area contributed by atoms with E-state index < -0.39 is 20.3 Å². The fourth-order valence-electron chi connectivity index (χ4n) is 1.76. The van der Waals surface area contributed by atoms with Crippen molar-refractivity contribution in [2.45, 2.75) is 39.0 Å². The van der Waals surface area contributed by atoms with Crippen LogP contribution < -0.4 is 9.44 Å². The molecule has 0 saturated heterocycles. The molecule has 2 N–H and O–H groups in total. The molecule has 9 heteroatoms. The van der Waals surface area contributed by atoms with Crippen molar-refractivity contribution in [3.63, 3.8) is 0 Å². The average Bonchev–Trinajstić information content (AvgIpc) is 2.34. The summed E-state index contributed by atoms with van der Waals surface area (Å²) in [6, 6.07) is 0. The molecule has 0 aliphatic rings. The quantitative estimate of drug-likeness (QED) is 0.510. The zero-order valence-electron chi connectivity index (χ0n) is 12.4. The van der Waals surface area contributed by atoms with E-state index in [2.05, 4.69) is 20.6 Å². The summed E-state index contributed by atoms with van der Waals surface area (Å²) in [6.45, 7) is 2.66. The van der Waals surface area contributed by atoms with Crippen LogP contribution in [0.1, 0.15) is 39.0 Å². The summed E-state index contributed by atoms with van der Waals surface area (Å²) >= 11 is 0. The number of rotatable bonds is 12. The maximum absolute atomic E-state index is 11.2. The fourth-order valence-corrected chi connectivity index (χ4v) is 2.81. The van der Waals surface area contributed by atoms with Crippen LogP contribution in [0.5, 0.6) is 0 Å². The van der Waals surface area contributed by atoms with Gasteiger partial charge in [-0.3, -0.25) is 4.18 Å². The molecular formula is C11H26N2O5S2. The van der Waals surface area contributed by atoms with Gasteiger partial charge in [0, 0.05) is 13.1 Å². The Balaban J connectivity index is 4.26. The Hall–Kier alpha value is -0.220. The van der Waals surface area contributed by atoms with Crippen molar-refractivity contribution in [2.75, 3.05) is 26.5 Å². The number of sulfonamides is 1. The van der Waals surface area contributed by atoms with E-state index in [1.807, 2.05) is 0 Å². The largest absolute Gasteiger partial charge is 0.335 e. The lowest BCUT2D eigenvalue weighted by Crippen LogP contribution is -2.32. The van der Waals surface area contributed by atoms with Gasteiger partial charge in [0.25, 0.3) is 0 Å². The molecule has 0 bridgehead atoms. The molecule has 0 spiro atoms. The SMILES string of the molecule is CCCCCC(CCNS(C)(=O)=O)CNS(=O)(=O)OC. The van der Waals surface area contributed by atoms with Crippen molar-refractivity contribution in [1.29, 1.82) is 0 Å². The van der Waals surface area contributed by atoms with Crippen LogP contribution in [0.15, 0.2) is 0 Å². The van der Waals surface area contributed by atoms with Gasteiger partial charge < -0.3 is 0 Å². The second-order valence-electron chi connectivity index (χ2n) is 4.79. The van der Waals surface area contributed by atoms with Gasteiger partial charge in [-0.25, -0.2) is 13.1 Å². The summed E-state index contributed by atoms with van der Waals surface area (Å²) in [5, 5.41) is 0. The Labute approximate surface area is 122 Å². The molecule has 0 aromatic carbocycles. The van der Waals surface area contributed by atoms with Crippen LogP contribution in [0.25, 0.3) is 0 Å². The Morgan fingerprint density at radius 2 is 1.70 bits per heavy atom. The van der Waals surface area contributed by atoms with Gasteiger partial charge in [0.05, 0.1) is 13.4 Å². The van der Waals surface area contributed by atoms with Gasteiger partial charge in [-0.05, 0) is 18.8 Å². The molecule has 0 aromatic heterocycles. The summed E-state index contributed by atoms with van der Waals surface area (Å²) < 4.78 is 53.5. The smallest absolute Gasteiger partial charge is 0.261 e. The fraction of sp³-hybridized carbons (Fsp3) is 1.00. The van der Waals surface area contributed by atoms with E-state index in [1.54, 1.807) is 0 Å². The molecule has 1 atom stereocenters. The van der Waals surface area contributed by atoms with Crippen molar-refractivity contribution in [1.82, 2.24) is 9.44 Å². The molecule has 1 unspecified atom stereocenters. The second-order valence-corrected chi connectivity index (χ2v) is 8.15. The summed E-state index contributed by atoms with van der Waals surface area (Å²) in [5.41, 5.74) is 0. The van der Waals surface area contributed by atoms with Gasteiger partial charge >= 0.3 is 10.3 Å². The monoisotopic (exact) mass is 330 g/mol. The van der Waals surface area contributed by atoms with Crippen LogP contribution in [-0.4, -0.2) is 43.3 Å². The maximum atomic E-state index is 11.2. The van der Waals surface area contributed by atoms with Crippen LogP contribution in [0, 0.1) is 5.92 Å². The van der Waals surface area contributed by atoms with Crippen LogP contribution in [0.3, 0.4) is 0 Å². The first-order chi connectivity index (χ1) is 9.20. The summed E-state index contributed by atoms with van der Waals surface area (Å²) in [7, 11) is -5.80. The molecule has 0 saturated carbocycles. The van der Waals surface area contributed by atoms with Gasteiger partial charge in [-0.2, -0.15) is 13.1 Å². The molecule has 0 rings (SSSR count). The molecule has 0 radical (unpaired) electrons. The minimum atomic E-state index is -3.69. The molecule has 20 heavy (non-hydrogen) atoms. The number of hydrogen-bond acceptors (Lipinski definition) is 5. The standard InChI is InChI=1S/C11H26N2O5S2/c1-4-5-6-7-11(8-9-12-19(3,14)15)10-13-20(16,17)18-2/h11-13H,4-10H2,1-3H3. The highest BCUT2D eigenvalue weighted by Gasteiger charge is 2.14. The second kappa shape index (κ2) is 9.67. The number of hydrogen-bond donors (Lipinski definition) is 2. The molecule has 0 heterocycles. The van der Waals surface area contributed by atoms with Crippen LogP contribution in [0.2, 0.25) is 0 Å². The van der Waals surface area contributed by atoms with Gasteiger partial charge in [0.1, 0.15) is 0 Å². The van der Waals surface area contributed by atoms with Gasteiger partial charge in [-0.15, -0.1) is 0 Å². The Morgan fingerprint density at radius 1 is 1.05 bits per heavy atom. The zero-order chi connectivity index (χ0) is 15.6. The highest BCUT2D eigenvalue weighted by atomic mass is 32.2. The Kier molecular flexibility index (Phi) is 9.56. The molecule has 0 aliphatic carbocycles. The minimum Gasteiger partial charge on any atom is -0.261 e. The lowest BCUT2D eigenvalue weighted by molar-refractivity contribution is 0.369. The third-order valence-corrected chi connectivity index (χ3v) is 4.59. The number of nitrogens with one attached hydrogen (secondary N) is 2. The van der Waals surface area contributed by atoms with E-state index in [0.29, 0.717) is 13.0 Å². The third kappa shape index (κ3) is 11.6. The summed E-state index contributed by atoms with van der Waals surface area (Å²) in [6.07, 6.45) is 5.70. The van der Waals surface area contributed by atoms with Crippen LogP contribution in [-0.2, 0) is 24.5 Å². The van der Waals surface area contributed by atoms with Gasteiger partial charge in [0.15, 0.2) is 0 Å². The predicted molar refractivity (Wildman–Crippen MR) is 79.0 cm³/mol. The van der Waals surface area contributed by atoms with Crippen LogP contribution >= 0.6 is 0 Å². The van der Waals surface area contributed by atoms with Crippen LogP contribution in [0.4, 0.5) is 0 Å². The lowest BCUT2D eigenvalue weighted by atomic mass is 9.98. The summed E-state index contributed by atoms with van der Waals surface area (Å²) in [5.74, 6) is 0.0840. The molecular weight excluding hydrogens is 304 g/mol.